The van der Waals surface area contributed by atoms with Crippen molar-refractivity contribution in [1.82, 2.24) is 0 Å². The van der Waals surface area contributed by atoms with Gasteiger partial charge in [-0.2, -0.15) is 0 Å². The molecule has 1 aliphatic heterocycles. The van der Waals surface area contributed by atoms with E-state index in [2.05, 4.69) is 58.0 Å². The average Bonchev–Trinajstić information content (AvgIpc) is 3.25. The van der Waals surface area contributed by atoms with Crippen molar-refractivity contribution in [3.63, 3.8) is 0 Å². The third kappa shape index (κ3) is 5.39. The van der Waals surface area contributed by atoms with Gasteiger partial charge in [0, 0.05) is 0 Å². The van der Waals surface area contributed by atoms with E-state index in [0.29, 0.717) is 6.10 Å². The second kappa shape index (κ2) is 8.54. The van der Waals surface area contributed by atoms with E-state index in [1.54, 1.807) is 0 Å². The average molecular weight is 316 g/mol. The first kappa shape index (κ1) is 18.1. The van der Waals surface area contributed by atoms with E-state index in [4.69, 9.17) is 9.47 Å². The van der Waals surface area contributed by atoms with Crippen LogP contribution < -0.4 is 4.74 Å². The summed E-state index contributed by atoms with van der Waals surface area (Å²) >= 11 is 0. The van der Waals surface area contributed by atoms with Crippen molar-refractivity contribution in [2.24, 2.45) is 0 Å². The highest BCUT2D eigenvalue weighted by molar-refractivity contribution is 5.27. The molecule has 0 aromatic heterocycles. The number of ether oxygens (including phenoxy) is 2. The molecule has 1 aromatic rings. The van der Waals surface area contributed by atoms with Crippen molar-refractivity contribution in [1.29, 1.82) is 0 Å². The zero-order valence-electron chi connectivity index (χ0n) is 15.2. The Kier molecular flexibility index (Phi) is 6.71. The highest BCUT2D eigenvalue weighted by Crippen LogP contribution is 2.42. The van der Waals surface area contributed by atoms with Crippen LogP contribution in [0.5, 0.6) is 5.75 Å². The second-order valence-electron chi connectivity index (χ2n) is 6.66. The predicted molar refractivity (Wildman–Crippen MR) is 97.1 cm³/mol. The van der Waals surface area contributed by atoms with Gasteiger partial charge in [-0.15, -0.1) is 0 Å². The van der Waals surface area contributed by atoms with Gasteiger partial charge in [0.25, 0.3) is 0 Å². The van der Waals surface area contributed by atoms with Gasteiger partial charge in [0.15, 0.2) is 0 Å². The third-order valence-corrected chi connectivity index (χ3v) is 5.07. The first-order valence-corrected chi connectivity index (χ1v) is 9.18. The summed E-state index contributed by atoms with van der Waals surface area (Å²) in [6.45, 7) is 9.60. The fraction of sp³-hybridized carbons (Fsp3) is 0.619. The fourth-order valence-electron chi connectivity index (χ4n) is 2.97. The van der Waals surface area contributed by atoms with E-state index >= 15 is 0 Å². The Hall–Kier alpha value is -1.28. The summed E-state index contributed by atoms with van der Waals surface area (Å²) < 4.78 is 11.6. The van der Waals surface area contributed by atoms with Gasteiger partial charge in [0.05, 0.1) is 18.3 Å². The van der Waals surface area contributed by atoms with Gasteiger partial charge in [0.2, 0.25) is 0 Å². The number of hydrogen-bond donors (Lipinski definition) is 0. The van der Waals surface area contributed by atoms with Gasteiger partial charge in [-0.25, -0.2) is 0 Å². The molecule has 2 atom stereocenters. The van der Waals surface area contributed by atoms with Gasteiger partial charge in [-0.1, -0.05) is 44.6 Å². The molecule has 0 amide bonds. The number of benzene rings is 1. The van der Waals surface area contributed by atoms with E-state index < -0.39 is 0 Å². The van der Waals surface area contributed by atoms with Crippen LogP contribution in [0.3, 0.4) is 0 Å². The van der Waals surface area contributed by atoms with Crippen molar-refractivity contribution in [3.8, 4) is 5.75 Å². The molecule has 0 bridgehead atoms. The lowest BCUT2D eigenvalue weighted by Crippen LogP contribution is -2.07. The minimum Gasteiger partial charge on any atom is -0.493 e. The zero-order valence-corrected chi connectivity index (χ0v) is 15.2. The maximum Gasteiger partial charge on any atom is 0.119 e. The van der Waals surface area contributed by atoms with E-state index in [1.165, 1.54) is 11.1 Å². The molecule has 1 aromatic carbocycles. The van der Waals surface area contributed by atoms with Crippen LogP contribution in [0.2, 0.25) is 0 Å². The molecule has 2 heteroatoms. The smallest absolute Gasteiger partial charge is 0.119 e. The van der Waals surface area contributed by atoms with Crippen molar-refractivity contribution in [3.05, 3.63) is 41.5 Å². The van der Waals surface area contributed by atoms with Gasteiger partial charge in [-0.05, 0) is 63.1 Å². The Bertz CT molecular complexity index is 503. The van der Waals surface area contributed by atoms with Crippen LogP contribution in [0.25, 0.3) is 0 Å². The van der Waals surface area contributed by atoms with Crippen LogP contribution in [-0.2, 0) is 11.2 Å². The molecule has 2 nitrogen and oxygen atoms in total. The minimum absolute atomic E-state index is 0.159. The minimum atomic E-state index is 0.159. The normalized spacial score (nSPS) is 23.8. The largest absolute Gasteiger partial charge is 0.493 e. The number of allylic oxidation sites excluding steroid dienone is 1. The zero-order chi connectivity index (χ0) is 16.7. The van der Waals surface area contributed by atoms with Crippen LogP contribution in [0.15, 0.2) is 35.9 Å². The molecule has 1 fully saturated rings. The highest BCUT2D eigenvalue weighted by Gasteiger charge is 2.49. The van der Waals surface area contributed by atoms with Crippen LogP contribution >= 0.6 is 0 Å². The molecule has 0 spiro atoms. The van der Waals surface area contributed by atoms with Gasteiger partial charge < -0.3 is 9.47 Å². The SMILES string of the molecule is CCC(=CCCOc1ccc(CC)cc1)CCC1OC1(C)CC. The Labute approximate surface area is 141 Å². The Balaban J connectivity index is 1.68. The number of epoxide rings is 1. The van der Waals surface area contributed by atoms with Gasteiger partial charge in [-0.3, -0.25) is 0 Å². The molecule has 0 radical (unpaired) electrons. The first-order chi connectivity index (χ1) is 11.1. The van der Waals surface area contributed by atoms with E-state index in [-0.39, 0.29) is 5.60 Å². The maximum absolute atomic E-state index is 5.82. The molecule has 1 heterocycles. The van der Waals surface area contributed by atoms with Crippen LogP contribution in [0.1, 0.15) is 65.4 Å². The molecule has 0 saturated carbocycles. The van der Waals surface area contributed by atoms with Crippen LogP contribution in [0, 0.1) is 0 Å². The van der Waals surface area contributed by atoms with Crippen molar-refractivity contribution < 1.29 is 9.47 Å². The summed E-state index contributed by atoms with van der Waals surface area (Å²) in [6, 6.07) is 8.42. The van der Waals surface area contributed by atoms with Crippen molar-refractivity contribution in [2.45, 2.75) is 77.9 Å². The van der Waals surface area contributed by atoms with Crippen molar-refractivity contribution >= 4 is 0 Å². The summed E-state index contributed by atoms with van der Waals surface area (Å²) in [5, 5.41) is 0. The Morgan fingerprint density at radius 2 is 1.96 bits per heavy atom. The third-order valence-electron chi connectivity index (χ3n) is 5.07. The van der Waals surface area contributed by atoms with Crippen LogP contribution in [0.4, 0.5) is 0 Å². The lowest BCUT2D eigenvalue weighted by Gasteiger charge is -2.07. The van der Waals surface area contributed by atoms with Gasteiger partial charge >= 0.3 is 0 Å². The number of rotatable bonds is 10. The van der Waals surface area contributed by atoms with Crippen molar-refractivity contribution in [2.75, 3.05) is 6.61 Å². The molecule has 1 saturated heterocycles. The van der Waals surface area contributed by atoms with E-state index in [9.17, 15) is 0 Å². The predicted octanol–water partition coefficient (Wildman–Crippen LogP) is 5.70. The molecule has 0 N–H and O–H groups in total. The molecule has 2 rings (SSSR count). The lowest BCUT2D eigenvalue weighted by atomic mass is 9.98. The molecular weight excluding hydrogens is 284 g/mol. The monoisotopic (exact) mass is 316 g/mol. The molecule has 0 aliphatic carbocycles. The molecule has 23 heavy (non-hydrogen) atoms. The molecular formula is C21H32O2. The van der Waals surface area contributed by atoms with E-state index in [1.807, 2.05) is 0 Å². The topological polar surface area (TPSA) is 21.8 Å². The fourth-order valence-corrected chi connectivity index (χ4v) is 2.97. The van der Waals surface area contributed by atoms with E-state index in [0.717, 1.165) is 50.9 Å². The second-order valence-corrected chi connectivity index (χ2v) is 6.66. The summed E-state index contributed by atoms with van der Waals surface area (Å²) in [6.07, 6.45) is 9.43. The maximum atomic E-state index is 5.82. The summed E-state index contributed by atoms with van der Waals surface area (Å²) in [4.78, 5) is 0. The highest BCUT2D eigenvalue weighted by atomic mass is 16.6. The summed E-state index contributed by atoms with van der Waals surface area (Å²) in [5.41, 5.74) is 3.04. The first-order valence-electron chi connectivity index (χ1n) is 9.18. The number of hydrogen-bond acceptors (Lipinski definition) is 2. The number of aryl methyl sites for hydroxylation is 1. The molecule has 2 unspecified atom stereocenters. The molecule has 128 valence electrons. The Morgan fingerprint density at radius 3 is 2.52 bits per heavy atom. The Morgan fingerprint density at radius 1 is 1.22 bits per heavy atom. The summed E-state index contributed by atoms with van der Waals surface area (Å²) in [7, 11) is 0. The van der Waals surface area contributed by atoms with Crippen LogP contribution in [-0.4, -0.2) is 18.3 Å². The lowest BCUT2D eigenvalue weighted by molar-refractivity contribution is 0.300. The quantitative estimate of drug-likeness (QED) is 0.314. The van der Waals surface area contributed by atoms with Gasteiger partial charge in [0.1, 0.15) is 5.75 Å². The summed E-state index contributed by atoms with van der Waals surface area (Å²) in [5.74, 6) is 0.971. The molecule has 1 aliphatic rings. The standard InChI is InChI=1S/C21H32O2/c1-5-17(12-15-20-21(4,7-3)23-20)9-8-16-22-19-13-10-18(6-2)11-14-19/h9-11,13-14,20H,5-8,12,15-16H2,1-4H3.